The standard InChI is InChI=1S/C11H11BrN2O3/c1-13(2)10(15)11(16)14-9-5-3-4-8(12)7(9)6-17-14/h3-5H,6H2,1-2H3. The van der Waals surface area contributed by atoms with Crippen molar-refractivity contribution in [3.8, 4) is 0 Å². The number of carbonyl (C=O) groups excluding carboxylic acids is 2. The second-order valence-corrected chi connectivity index (χ2v) is 4.66. The van der Waals surface area contributed by atoms with Gasteiger partial charge < -0.3 is 4.90 Å². The third-order valence-corrected chi connectivity index (χ3v) is 3.17. The lowest BCUT2D eigenvalue weighted by molar-refractivity contribution is -0.146. The zero-order valence-electron chi connectivity index (χ0n) is 9.44. The molecule has 6 heteroatoms. The maximum atomic E-state index is 11.9. The molecule has 0 bridgehead atoms. The Morgan fingerprint density at radius 2 is 2.12 bits per heavy atom. The Morgan fingerprint density at radius 1 is 1.41 bits per heavy atom. The minimum Gasteiger partial charge on any atom is -0.340 e. The topological polar surface area (TPSA) is 49.9 Å². The summed E-state index contributed by atoms with van der Waals surface area (Å²) in [5.41, 5.74) is 1.48. The van der Waals surface area contributed by atoms with Gasteiger partial charge in [0, 0.05) is 24.1 Å². The van der Waals surface area contributed by atoms with Crippen molar-refractivity contribution in [2.24, 2.45) is 0 Å². The van der Waals surface area contributed by atoms with Crippen LogP contribution in [0.3, 0.4) is 0 Å². The van der Waals surface area contributed by atoms with Gasteiger partial charge in [0.15, 0.2) is 0 Å². The summed E-state index contributed by atoms with van der Waals surface area (Å²) in [6.07, 6.45) is 0. The zero-order valence-corrected chi connectivity index (χ0v) is 11.0. The van der Waals surface area contributed by atoms with E-state index in [1.165, 1.54) is 19.0 Å². The highest BCUT2D eigenvalue weighted by Gasteiger charge is 2.32. The maximum Gasteiger partial charge on any atom is 0.340 e. The molecule has 1 aromatic rings. The third-order valence-electron chi connectivity index (χ3n) is 2.42. The van der Waals surface area contributed by atoms with Crippen molar-refractivity contribution in [3.05, 3.63) is 28.2 Å². The summed E-state index contributed by atoms with van der Waals surface area (Å²) in [7, 11) is 3.05. The minimum atomic E-state index is -0.688. The first kappa shape index (κ1) is 12.1. The highest BCUT2D eigenvalue weighted by molar-refractivity contribution is 9.10. The number of hydrogen-bond donors (Lipinski definition) is 0. The van der Waals surface area contributed by atoms with E-state index in [9.17, 15) is 9.59 Å². The van der Waals surface area contributed by atoms with Crippen LogP contribution in [0.25, 0.3) is 0 Å². The Kier molecular flexibility index (Phi) is 3.17. The predicted octanol–water partition coefficient (Wildman–Crippen LogP) is 1.32. The van der Waals surface area contributed by atoms with Crippen molar-refractivity contribution in [1.82, 2.24) is 4.90 Å². The van der Waals surface area contributed by atoms with Crippen LogP contribution in [0.5, 0.6) is 0 Å². The number of anilines is 1. The Bertz CT molecular complexity index is 488. The van der Waals surface area contributed by atoms with Crippen molar-refractivity contribution in [2.75, 3.05) is 19.2 Å². The number of hydroxylamine groups is 1. The van der Waals surface area contributed by atoms with Crippen LogP contribution in [-0.2, 0) is 21.0 Å². The number of hydrogen-bond acceptors (Lipinski definition) is 3. The summed E-state index contributed by atoms with van der Waals surface area (Å²) in [5.74, 6) is -1.30. The minimum absolute atomic E-state index is 0.281. The predicted molar refractivity (Wildman–Crippen MR) is 65.1 cm³/mol. The van der Waals surface area contributed by atoms with Gasteiger partial charge in [-0.05, 0) is 12.1 Å². The van der Waals surface area contributed by atoms with Crippen LogP contribution in [-0.4, -0.2) is 30.8 Å². The van der Waals surface area contributed by atoms with Gasteiger partial charge in [0.05, 0.1) is 5.69 Å². The van der Waals surface area contributed by atoms with Crippen molar-refractivity contribution in [3.63, 3.8) is 0 Å². The first-order chi connectivity index (χ1) is 8.02. The van der Waals surface area contributed by atoms with Gasteiger partial charge in [-0.25, -0.2) is 0 Å². The largest absolute Gasteiger partial charge is 0.340 e. The average molecular weight is 299 g/mol. The third kappa shape index (κ3) is 2.05. The normalized spacial score (nSPS) is 13.5. The Hall–Kier alpha value is -1.40. The summed E-state index contributed by atoms with van der Waals surface area (Å²) in [6, 6.07) is 5.40. The molecule has 0 radical (unpaired) electrons. The van der Waals surface area contributed by atoms with Gasteiger partial charge in [-0.15, -0.1) is 0 Å². The van der Waals surface area contributed by atoms with Gasteiger partial charge in [-0.1, -0.05) is 22.0 Å². The second kappa shape index (κ2) is 4.46. The monoisotopic (exact) mass is 298 g/mol. The van der Waals surface area contributed by atoms with Crippen LogP contribution in [0.2, 0.25) is 0 Å². The van der Waals surface area contributed by atoms with Crippen LogP contribution in [0.15, 0.2) is 22.7 Å². The summed E-state index contributed by atoms with van der Waals surface area (Å²) in [4.78, 5) is 29.9. The maximum absolute atomic E-state index is 11.9. The van der Waals surface area contributed by atoms with E-state index in [0.717, 1.165) is 15.1 Å². The van der Waals surface area contributed by atoms with E-state index < -0.39 is 11.8 Å². The molecule has 2 amide bonds. The summed E-state index contributed by atoms with van der Waals surface area (Å²) >= 11 is 3.38. The van der Waals surface area contributed by atoms with Crippen molar-refractivity contribution >= 4 is 33.4 Å². The fraction of sp³-hybridized carbons (Fsp3) is 0.273. The van der Waals surface area contributed by atoms with E-state index in [0.29, 0.717) is 5.69 Å². The molecule has 0 aromatic heterocycles. The quantitative estimate of drug-likeness (QED) is 0.679. The molecular formula is C11H11BrN2O3. The number of benzene rings is 1. The lowest BCUT2D eigenvalue weighted by Gasteiger charge is -2.17. The first-order valence-corrected chi connectivity index (χ1v) is 5.77. The molecule has 0 saturated heterocycles. The van der Waals surface area contributed by atoms with Crippen LogP contribution in [0, 0.1) is 0 Å². The first-order valence-electron chi connectivity index (χ1n) is 4.98. The molecule has 1 aromatic carbocycles. The van der Waals surface area contributed by atoms with Crippen molar-refractivity contribution < 1.29 is 14.4 Å². The highest BCUT2D eigenvalue weighted by Crippen LogP contribution is 2.34. The SMILES string of the molecule is CN(C)C(=O)C(=O)N1OCc2c(Br)cccc21. The van der Waals surface area contributed by atoms with E-state index in [1.807, 2.05) is 6.07 Å². The molecule has 0 fully saturated rings. The van der Waals surface area contributed by atoms with Gasteiger partial charge in [0.2, 0.25) is 0 Å². The number of likely N-dealkylation sites (N-methyl/N-ethyl adjacent to an activating group) is 1. The molecule has 2 rings (SSSR count). The van der Waals surface area contributed by atoms with Crippen molar-refractivity contribution in [2.45, 2.75) is 6.61 Å². The fourth-order valence-electron chi connectivity index (χ4n) is 1.53. The number of nitrogens with zero attached hydrogens (tertiary/aromatic N) is 2. The molecule has 5 nitrogen and oxygen atoms in total. The van der Waals surface area contributed by atoms with Crippen molar-refractivity contribution in [1.29, 1.82) is 0 Å². The lowest BCUT2D eigenvalue weighted by atomic mass is 10.2. The lowest BCUT2D eigenvalue weighted by Crippen LogP contribution is -2.40. The van der Waals surface area contributed by atoms with E-state index >= 15 is 0 Å². The molecule has 0 saturated carbocycles. The van der Waals surface area contributed by atoms with Gasteiger partial charge in [-0.3, -0.25) is 14.4 Å². The van der Waals surface area contributed by atoms with E-state index in [2.05, 4.69) is 15.9 Å². The van der Waals surface area contributed by atoms with Gasteiger partial charge in [0.1, 0.15) is 6.61 Å². The van der Waals surface area contributed by atoms with Crippen LogP contribution in [0.1, 0.15) is 5.56 Å². The molecule has 90 valence electrons. The molecule has 0 unspecified atom stereocenters. The fourth-order valence-corrected chi connectivity index (χ4v) is 2.00. The molecule has 0 atom stereocenters. The van der Waals surface area contributed by atoms with Crippen LogP contribution in [0.4, 0.5) is 5.69 Å². The molecular weight excluding hydrogens is 288 g/mol. The Balaban J connectivity index is 2.32. The van der Waals surface area contributed by atoms with E-state index in [4.69, 9.17) is 4.84 Å². The van der Waals surface area contributed by atoms with Gasteiger partial charge >= 0.3 is 11.8 Å². The number of carbonyl (C=O) groups is 2. The molecule has 0 spiro atoms. The number of rotatable bonds is 0. The molecule has 1 aliphatic heterocycles. The molecule has 0 N–H and O–H groups in total. The Labute approximate surface area is 107 Å². The average Bonchev–Trinajstić information content (AvgIpc) is 2.72. The van der Waals surface area contributed by atoms with Gasteiger partial charge in [-0.2, -0.15) is 5.06 Å². The molecule has 1 aliphatic rings. The second-order valence-electron chi connectivity index (χ2n) is 3.81. The molecule has 1 heterocycles. The number of halogens is 1. The highest BCUT2D eigenvalue weighted by atomic mass is 79.9. The summed E-state index contributed by atoms with van der Waals surface area (Å²) in [5, 5.41) is 1.04. The summed E-state index contributed by atoms with van der Waals surface area (Å²) in [6.45, 7) is 0.281. The van der Waals surface area contributed by atoms with Crippen LogP contribution >= 0.6 is 15.9 Å². The zero-order chi connectivity index (χ0) is 12.6. The van der Waals surface area contributed by atoms with E-state index in [1.54, 1.807) is 12.1 Å². The van der Waals surface area contributed by atoms with Crippen LogP contribution < -0.4 is 5.06 Å². The number of fused-ring (bicyclic) bond motifs is 1. The Morgan fingerprint density at radius 3 is 2.76 bits per heavy atom. The smallest absolute Gasteiger partial charge is 0.340 e. The van der Waals surface area contributed by atoms with Gasteiger partial charge in [0.25, 0.3) is 0 Å². The summed E-state index contributed by atoms with van der Waals surface area (Å²) < 4.78 is 0.864. The van der Waals surface area contributed by atoms with E-state index in [-0.39, 0.29) is 6.61 Å². The molecule has 0 aliphatic carbocycles. The molecule has 17 heavy (non-hydrogen) atoms. The number of amides is 2.